The van der Waals surface area contributed by atoms with Crippen molar-refractivity contribution >= 4 is 17.5 Å². The number of hydrogen-bond donors (Lipinski definition) is 6. The molecule has 38 heavy (non-hydrogen) atoms. The number of aliphatic hydroxyl groups is 6. The van der Waals surface area contributed by atoms with Crippen molar-refractivity contribution in [3.8, 4) is 0 Å². The molecule has 0 aromatic rings. The SMILES string of the molecule is CSC1CCC2C3CC(C(O)(O)C(O)CCF)C4=CC(=O)CCC4(C)C3(C(O)(O)C(O)CCF)CCC12C. The van der Waals surface area contributed by atoms with Crippen molar-refractivity contribution in [2.75, 3.05) is 19.6 Å². The Hall–Kier alpha value is -0.620. The van der Waals surface area contributed by atoms with Crippen LogP contribution < -0.4 is 0 Å². The highest BCUT2D eigenvalue weighted by Gasteiger charge is 2.76. The molecule has 10 heteroatoms. The second kappa shape index (κ2) is 10.3. The molecular formula is C28H44F2O7S. The topological polar surface area (TPSA) is 138 Å². The Morgan fingerprint density at radius 3 is 2.24 bits per heavy atom. The molecule has 4 rings (SSSR count). The summed E-state index contributed by atoms with van der Waals surface area (Å²) in [4.78, 5) is 12.7. The number of aliphatic hydroxyl groups excluding tert-OH is 2. The fourth-order valence-corrected chi connectivity index (χ4v) is 10.6. The summed E-state index contributed by atoms with van der Waals surface area (Å²) in [6, 6.07) is 0. The van der Waals surface area contributed by atoms with Gasteiger partial charge in [0.05, 0.1) is 13.3 Å². The summed E-state index contributed by atoms with van der Waals surface area (Å²) in [6.07, 6.45) is 1.56. The van der Waals surface area contributed by atoms with E-state index >= 15 is 0 Å². The lowest BCUT2D eigenvalue weighted by atomic mass is 9.35. The molecule has 0 amide bonds. The summed E-state index contributed by atoms with van der Waals surface area (Å²) in [6.45, 7) is 2.03. The van der Waals surface area contributed by atoms with Crippen LogP contribution in [0.2, 0.25) is 0 Å². The number of rotatable bonds is 9. The van der Waals surface area contributed by atoms with E-state index in [9.17, 15) is 44.2 Å². The number of halogens is 2. The third-order valence-electron chi connectivity index (χ3n) is 11.3. The fraction of sp³-hybridized carbons (Fsp3) is 0.893. The number of carbonyl (C=O) groups is 1. The number of alkyl halides is 2. The van der Waals surface area contributed by atoms with E-state index in [1.165, 1.54) is 6.08 Å². The first kappa shape index (κ1) is 30.3. The molecular weight excluding hydrogens is 518 g/mol. The smallest absolute Gasteiger partial charge is 0.196 e. The number of carbonyl (C=O) groups excluding carboxylic acids is 1. The first-order valence-corrected chi connectivity index (χ1v) is 15.1. The van der Waals surface area contributed by atoms with Crippen LogP contribution in [0.25, 0.3) is 0 Å². The maximum atomic E-state index is 13.4. The zero-order chi connectivity index (χ0) is 28.3. The van der Waals surface area contributed by atoms with Crippen LogP contribution >= 0.6 is 11.8 Å². The van der Waals surface area contributed by atoms with Gasteiger partial charge in [-0.25, -0.2) is 0 Å². The highest BCUT2D eigenvalue weighted by atomic mass is 32.2. The molecule has 4 aliphatic carbocycles. The third kappa shape index (κ3) is 4.07. The van der Waals surface area contributed by atoms with Gasteiger partial charge in [0.25, 0.3) is 0 Å². The van der Waals surface area contributed by atoms with E-state index in [-0.39, 0.29) is 48.4 Å². The lowest BCUT2D eigenvalue weighted by Crippen LogP contribution is -2.73. The van der Waals surface area contributed by atoms with Gasteiger partial charge in [-0.1, -0.05) is 19.4 Å². The van der Waals surface area contributed by atoms with Crippen molar-refractivity contribution < 1.29 is 44.2 Å². The standard InChI is InChI=1S/C28H44F2O7S/c1-24-10-11-26(28(36,37)22(33)8-13-30)19(17(24)4-5-23(24)38-3)15-20(27(34,35)21(32)7-12-29)18-14-16(31)6-9-25(18,26)2/h14,17,19-23,32-37H,4-13,15H2,1-3H3. The van der Waals surface area contributed by atoms with Crippen LogP contribution in [0.5, 0.6) is 0 Å². The van der Waals surface area contributed by atoms with Crippen LogP contribution in [0.15, 0.2) is 11.6 Å². The third-order valence-corrected chi connectivity index (χ3v) is 12.7. The quantitative estimate of drug-likeness (QED) is 0.236. The largest absolute Gasteiger partial charge is 0.387 e. The first-order chi connectivity index (χ1) is 17.7. The Balaban J connectivity index is 1.97. The van der Waals surface area contributed by atoms with Crippen molar-refractivity contribution in [1.29, 1.82) is 0 Å². The van der Waals surface area contributed by atoms with E-state index in [1.807, 2.05) is 6.26 Å². The zero-order valence-electron chi connectivity index (χ0n) is 22.6. The molecule has 9 atom stereocenters. The van der Waals surface area contributed by atoms with Crippen molar-refractivity contribution in [2.24, 2.45) is 34.0 Å². The van der Waals surface area contributed by atoms with Crippen molar-refractivity contribution in [3.05, 3.63) is 11.6 Å². The summed E-state index contributed by atoms with van der Waals surface area (Å²) in [7, 11) is 0. The lowest BCUT2D eigenvalue weighted by molar-refractivity contribution is -0.366. The lowest BCUT2D eigenvalue weighted by Gasteiger charge is -2.70. The molecule has 3 saturated carbocycles. The van der Waals surface area contributed by atoms with Crippen LogP contribution in [0, 0.1) is 34.0 Å². The van der Waals surface area contributed by atoms with Gasteiger partial charge in [0.15, 0.2) is 17.4 Å². The van der Waals surface area contributed by atoms with Crippen LogP contribution in [-0.4, -0.2) is 85.1 Å². The molecule has 0 bridgehead atoms. The van der Waals surface area contributed by atoms with Gasteiger partial charge in [0, 0.05) is 41.3 Å². The molecule has 6 N–H and O–H groups in total. The van der Waals surface area contributed by atoms with Gasteiger partial charge in [-0.2, -0.15) is 11.8 Å². The molecule has 0 aliphatic heterocycles. The minimum Gasteiger partial charge on any atom is -0.387 e. The second-order valence-corrected chi connectivity index (χ2v) is 13.7. The summed E-state index contributed by atoms with van der Waals surface area (Å²) in [5.41, 5.74) is -2.54. The maximum absolute atomic E-state index is 13.4. The molecule has 0 heterocycles. The van der Waals surface area contributed by atoms with Crippen molar-refractivity contribution in [3.63, 3.8) is 0 Å². The van der Waals surface area contributed by atoms with Crippen LogP contribution in [0.4, 0.5) is 8.78 Å². The van der Waals surface area contributed by atoms with Gasteiger partial charge in [0.1, 0.15) is 12.2 Å². The van der Waals surface area contributed by atoms with E-state index in [2.05, 4.69) is 6.92 Å². The molecule has 0 aromatic carbocycles. The van der Waals surface area contributed by atoms with Gasteiger partial charge in [-0.3, -0.25) is 13.6 Å². The molecule has 3 fully saturated rings. The molecule has 0 radical (unpaired) electrons. The summed E-state index contributed by atoms with van der Waals surface area (Å²) in [5.74, 6) is -7.56. The Bertz CT molecular complexity index is 944. The van der Waals surface area contributed by atoms with Crippen LogP contribution in [0.1, 0.15) is 71.6 Å². The molecule has 7 nitrogen and oxygen atoms in total. The molecule has 0 saturated heterocycles. The van der Waals surface area contributed by atoms with Crippen LogP contribution in [-0.2, 0) is 4.79 Å². The molecule has 9 unspecified atom stereocenters. The van der Waals surface area contributed by atoms with Gasteiger partial charge >= 0.3 is 0 Å². The summed E-state index contributed by atoms with van der Waals surface area (Å²) in [5, 5.41) is 68.4. The Morgan fingerprint density at radius 2 is 1.63 bits per heavy atom. The highest BCUT2D eigenvalue weighted by Crippen LogP contribution is 2.76. The monoisotopic (exact) mass is 562 g/mol. The predicted octanol–water partition coefficient (Wildman–Crippen LogP) is 2.65. The maximum Gasteiger partial charge on any atom is 0.196 e. The Labute approximate surface area is 227 Å². The highest BCUT2D eigenvalue weighted by molar-refractivity contribution is 7.99. The molecule has 218 valence electrons. The average molecular weight is 563 g/mol. The fourth-order valence-electron chi connectivity index (χ4n) is 9.35. The Kier molecular flexibility index (Phi) is 8.25. The minimum absolute atomic E-state index is 0.00236. The predicted molar refractivity (Wildman–Crippen MR) is 139 cm³/mol. The van der Waals surface area contributed by atoms with Gasteiger partial charge in [-0.15, -0.1) is 0 Å². The van der Waals surface area contributed by atoms with Crippen molar-refractivity contribution in [2.45, 2.75) is 101 Å². The summed E-state index contributed by atoms with van der Waals surface area (Å²) >= 11 is 1.76. The normalized spacial score (nSPS) is 41.1. The second-order valence-electron chi connectivity index (χ2n) is 12.7. The van der Waals surface area contributed by atoms with Crippen molar-refractivity contribution in [1.82, 2.24) is 0 Å². The van der Waals surface area contributed by atoms with Crippen LogP contribution in [0.3, 0.4) is 0 Å². The first-order valence-electron chi connectivity index (χ1n) is 13.8. The number of fused-ring (bicyclic) bond motifs is 5. The minimum atomic E-state index is -2.76. The van der Waals surface area contributed by atoms with E-state index in [1.54, 1.807) is 18.7 Å². The number of thioether (sulfide) groups is 1. The number of hydrogen-bond acceptors (Lipinski definition) is 8. The molecule has 4 aliphatic rings. The van der Waals surface area contributed by atoms with E-state index < -0.39 is 72.6 Å². The van der Waals surface area contributed by atoms with Gasteiger partial charge < -0.3 is 30.6 Å². The van der Waals surface area contributed by atoms with E-state index in [0.717, 1.165) is 12.8 Å². The van der Waals surface area contributed by atoms with Gasteiger partial charge in [-0.05, 0) is 68.1 Å². The van der Waals surface area contributed by atoms with E-state index in [4.69, 9.17) is 0 Å². The Morgan fingerprint density at radius 1 is 1.00 bits per heavy atom. The zero-order valence-corrected chi connectivity index (χ0v) is 23.4. The van der Waals surface area contributed by atoms with Gasteiger partial charge in [0.2, 0.25) is 0 Å². The summed E-state index contributed by atoms with van der Waals surface area (Å²) < 4.78 is 26.6. The van der Waals surface area contributed by atoms with E-state index in [0.29, 0.717) is 11.7 Å². The average Bonchev–Trinajstić information content (AvgIpc) is 3.20. The molecule has 0 spiro atoms. The number of ketones is 1. The molecule has 0 aromatic heterocycles.